The molecule has 3 saturated heterocycles. The normalized spacial score (nSPS) is 21.1. The van der Waals surface area contributed by atoms with Gasteiger partial charge in [0.2, 0.25) is 18.0 Å². The molecule has 3 amide bonds. The fraction of sp³-hybridized carbons (Fsp3) is 0.333. The highest BCUT2D eigenvalue weighted by atomic mass is 19.4. The van der Waals surface area contributed by atoms with E-state index < -0.39 is 94.6 Å². The van der Waals surface area contributed by atoms with Crippen LogP contribution in [-0.2, 0) is 75.7 Å². The highest BCUT2D eigenvalue weighted by Gasteiger charge is 2.49. The number of carbonyl (C=O) groups excluding carboxylic acids is 4. The van der Waals surface area contributed by atoms with Gasteiger partial charge in [-0.15, -0.1) is 0 Å². The Labute approximate surface area is 534 Å². The second-order valence-corrected chi connectivity index (χ2v) is 22.9. The first-order valence-electron chi connectivity index (χ1n) is 29.6. The molecule has 25 heteroatoms. The van der Waals surface area contributed by atoms with Crippen LogP contribution in [0.1, 0.15) is 126 Å². The quantitative estimate of drug-likeness (QED) is 0.0542. The van der Waals surface area contributed by atoms with Gasteiger partial charge < -0.3 is 40.2 Å². The first-order chi connectivity index (χ1) is 44.3. The topological polar surface area (TPSA) is 157 Å². The van der Waals surface area contributed by atoms with Crippen LogP contribution in [0.15, 0.2) is 188 Å². The Morgan fingerprint density at radius 2 is 0.862 bits per heavy atom. The summed E-state index contributed by atoms with van der Waals surface area (Å²) in [5, 5.41) is 12.3. The number of alkyl halides is 12. The first-order valence-corrected chi connectivity index (χ1v) is 29.6. The fourth-order valence-electron chi connectivity index (χ4n) is 11.3. The molecule has 4 N–H and O–H groups in total. The summed E-state index contributed by atoms with van der Waals surface area (Å²) < 4.78 is 181. The van der Waals surface area contributed by atoms with E-state index in [1.807, 2.05) is 140 Å². The molecular formula is C69H67F12N5O8. The van der Waals surface area contributed by atoms with Gasteiger partial charge in [0.15, 0.2) is 6.04 Å². The van der Waals surface area contributed by atoms with Crippen molar-refractivity contribution in [1.82, 2.24) is 26.2 Å². The van der Waals surface area contributed by atoms with Crippen LogP contribution in [-0.4, -0.2) is 67.2 Å². The average Bonchev–Trinajstić information content (AvgIpc) is 1.74. The Kier molecular flexibility index (Phi) is 22.8. The Hall–Kier alpha value is -8.78. The third-order valence-electron chi connectivity index (χ3n) is 15.9. The number of carbonyl (C=O) groups is 4. The largest absolute Gasteiger partial charge is 0.444 e. The van der Waals surface area contributed by atoms with Crippen LogP contribution in [0.5, 0.6) is 0 Å². The lowest BCUT2D eigenvalue weighted by Gasteiger charge is -2.32. The van der Waals surface area contributed by atoms with E-state index in [9.17, 15) is 71.9 Å². The summed E-state index contributed by atoms with van der Waals surface area (Å²) in [6.07, 6.45) is -22.4. The van der Waals surface area contributed by atoms with E-state index in [2.05, 4.69) is 21.3 Å². The van der Waals surface area contributed by atoms with Crippen molar-refractivity contribution in [3.05, 3.63) is 249 Å². The van der Waals surface area contributed by atoms with Crippen molar-refractivity contribution in [3.63, 3.8) is 0 Å². The zero-order valence-corrected chi connectivity index (χ0v) is 51.1. The van der Waals surface area contributed by atoms with Crippen LogP contribution < -0.4 is 21.3 Å². The Balaban J connectivity index is 0.000000181. The monoisotopic (exact) mass is 1320 g/mol. The molecule has 8 atom stereocenters. The van der Waals surface area contributed by atoms with Crippen molar-refractivity contribution in [1.29, 1.82) is 0 Å². The zero-order valence-electron chi connectivity index (χ0n) is 51.1. The van der Waals surface area contributed by atoms with Gasteiger partial charge in [-0.05, 0) is 96.5 Å². The second-order valence-electron chi connectivity index (χ2n) is 22.9. The van der Waals surface area contributed by atoms with Crippen LogP contribution in [0.3, 0.4) is 0 Å². The molecule has 3 aliphatic rings. The maximum absolute atomic E-state index is 13.2. The number of ether oxygens (including phenoxy) is 4. The summed E-state index contributed by atoms with van der Waals surface area (Å²) in [5.41, 5.74) is -3.58. The van der Waals surface area contributed by atoms with E-state index in [4.69, 9.17) is 18.9 Å². The lowest BCUT2D eigenvalue weighted by Crippen LogP contribution is -2.41. The molecule has 0 saturated carbocycles. The van der Waals surface area contributed by atoms with Gasteiger partial charge in [0, 0.05) is 44.6 Å². The predicted molar refractivity (Wildman–Crippen MR) is 321 cm³/mol. The van der Waals surface area contributed by atoms with Crippen molar-refractivity contribution in [2.24, 2.45) is 0 Å². The standard InChI is InChI=1S/2C23H24F6N2O2.C23H19NO4/c2*1-14(16-8-18(22(24,25)26)10-19(9-16)23(27,28)29)33-13-21(17-6-4-3-5-7-17)11-20(12-30-21)31-15(2)32;25-22-20(18-12-6-2-7-13-18)24(21(28-22)19-14-8-3-9-15-19)23(26)27-16-17-10-4-1-5-11-17/h2*3-10,14,20,30H,11-13H2,1-2H3,(H,31,32);1-15,20-21H,16H2/t14-,20+,21-;14-,20-,21-;20-,21+/m110/s1. The smallest absolute Gasteiger partial charge is 0.416 e. The lowest BCUT2D eigenvalue weighted by atomic mass is 9.88. The molecule has 13 nitrogen and oxygen atoms in total. The summed E-state index contributed by atoms with van der Waals surface area (Å²) >= 11 is 0. The number of nitrogens with zero attached hydrogens (tertiary/aromatic N) is 1. The maximum Gasteiger partial charge on any atom is 0.416 e. The van der Waals surface area contributed by atoms with Gasteiger partial charge >= 0.3 is 36.8 Å². The lowest BCUT2D eigenvalue weighted by molar-refractivity contribution is -0.144. The Bertz CT molecular complexity index is 3440. The zero-order chi connectivity index (χ0) is 68.2. The first kappa shape index (κ1) is 71.1. The van der Waals surface area contributed by atoms with Crippen molar-refractivity contribution >= 4 is 23.9 Å². The molecule has 0 unspecified atom stereocenters. The van der Waals surface area contributed by atoms with E-state index in [0.29, 0.717) is 61.3 Å². The molecule has 94 heavy (non-hydrogen) atoms. The Morgan fingerprint density at radius 1 is 0.521 bits per heavy atom. The van der Waals surface area contributed by atoms with Gasteiger partial charge in [0.1, 0.15) is 6.61 Å². The minimum Gasteiger partial charge on any atom is -0.444 e. The second kappa shape index (κ2) is 30.1. The van der Waals surface area contributed by atoms with E-state index in [1.165, 1.54) is 32.6 Å². The minimum atomic E-state index is -4.93. The van der Waals surface area contributed by atoms with Crippen LogP contribution in [0, 0.1) is 0 Å². The number of benzene rings is 7. The molecule has 0 spiro atoms. The van der Waals surface area contributed by atoms with Crippen LogP contribution in [0.2, 0.25) is 0 Å². The van der Waals surface area contributed by atoms with E-state index in [-0.39, 0.29) is 67.0 Å². The molecule has 3 fully saturated rings. The molecule has 3 aliphatic heterocycles. The molecular weight excluding hydrogens is 1250 g/mol. The maximum atomic E-state index is 13.2. The van der Waals surface area contributed by atoms with E-state index in [0.717, 1.165) is 16.7 Å². The van der Waals surface area contributed by atoms with Gasteiger partial charge in [0.05, 0.1) is 58.8 Å². The van der Waals surface area contributed by atoms with Crippen molar-refractivity contribution in [3.8, 4) is 0 Å². The molecule has 0 bridgehead atoms. The number of cyclic esters (lactones) is 1. The summed E-state index contributed by atoms with van der Waals surface area (Å²) in [4.78, 5) is 50.0. The number of rotatable bonds is 16. The highest BCUT2D eigenvalue weighted by Crippen LogP contribution is 2.43. The van der Waals surface area contributed by atoms with Crippen molar-refractivity contribution < 1.29 is 90.8 Å². The fourth-order valence-corrected chi connectivity index (χ4v) is 11.3. The van der Waals surface area contributed by atoms with Crippen molar-refractivity contribution in [2.45, 2.75) is 119 Å². The molecule has 0 aromatic heterocycles. The molecule has 0 radical (unpaired) electrons. The molecule has 7 aromatic carbocycles. The van der Waals surface area contributed by atoms with Crippen LogP contribution >= 0.6 is 0 Å². The minimum absolute atomic E-state index is 0.0220. The summed E-state index contributed by atoms with van der Waals surface area (Å²) in [6.45, 7) is 6.57. The van der Waals surface area contributed by atoms with Gasteiger partial charge in [0.25, 0.3) is 0 Å². The van der Waals surface area contributed by atoms with Crippen molar-refractivity contribution in [2.75, 3.05) is 26.3 Å². The summed E-state index contributed by atoms with van der Waals surface area (Å²) in [7, 11) is 0. The van der Waals surface area contributed by atoms with Crippen LogP contribution in [0.4, 0.5) is 57.5 Å². The van der Waals surface area contributed by atoms with Gasteiger partial charge in [-0.2, -0.15) is 52.7 Å². The van der Waals surface area contributed by atoms with Gasteiger partial charge in [-0.25, -0.2) is 14.5 Å². The van der Waals surface area contributed by atoms with Gasteiger partial charge in [-0.3, -0.25) is 9.59 Å². The number of esters is 1. The summed E-state index contributed by atoms with van der Waals surface area (Å²) in [5.74, 6) is -0.885. The summed E-state index contributed by atoms with van der Waals surface area (Å²) in [6, 6.07) is 47.7. The number of hydrogen-bond donors (Lipinski definition) is 4. The average molecular weight is 1320 g/mol. The Morgan fingerprint density at radius 3 is 1.21 bits per heavy atom. The number of amides is 3. The number of nitrogens with one attached hydrogen (secondary N) is 4. The predicted octanol–water partition coefficient (Wildman–Crippen LogP) is 15.0. The third-order valence-corrected chi connectivity index (χ3v) is 15.9. The molecule has 0 aliphatic carbocycles. The number of hydrogen-bond acceptors (Lipinski definition) is 10. The third kappa shape index (κ3) is 18.5. The highest BCUT2D eigenvalue weighted by molar-refractivity contribution is 5.86. The van der Waals surface area contributed by atoms with E-state index in [1.54, 1.807) is 12.1 Å². The molecule has 500 valence electrons. The SMILES string of the molecule is CC(=O)N[C@@H]1CN[C@](CO[C@H](C)c2cc(C(F)(F)F)cc(C(F)(F)F)c2)(c2ccccc2)C1.CC(=O)N[C@H]1CN[C@](CO[C@H](C)c2cc(C(F)(F)F)cc(C(F)(F)F)c2)(c2ccccc2)C1.O=C1O[C@H](c2ccccc2)N(C(=O)OCc2ccccc2)[C@H]1c1ccccc1. The van der Waals surface area contributed by atoms with Crippen LogP contribution in [0.25, 0.3) is 0 Å². The van der Waals surface area contributed by atoms with Gasteiger partial charge in [-0.1, -0.05) is 152 Å². The molecule has 10 rings (SSSR count). The molecule has 3 heterocycles. The molecule has 7 aromatic rings. The number of halogens is 12. The van der Waals surface area contributed by atoms with E-state index >= 15 is 0 Å².